The predicted octanol–water partition coefficient (Wildman–Crippen LogP) is 3.45. The second-order valence-corrected chi connectivity index (χ2v) is 12.6. The Labute approximate surface area is 242 Å². The third-order valence-corrected chi connectivity index (χ3v) is 8.22. The zero-order valence-electron chi connectivity index (χ0n) is 24.6. The number of aryl methyl sites for hydroxylation is 2. The first kappa shape index (κ1) is 31.0. The molecule has 1 aromatic rings. The Kier molecular flexibility index (Phi) is 10.5. The fraction of sp³-hybridized carbons (Fsp3) is 0.733. The summed E-state index contributed by atoms with van der Waals surface area (Å²) in [6.45, 7) is 7.27. The molecule has 3 heterocycles. The fourth-order valence-electron chi connectivity index (χ4n) is 5.63. The molecule has 1 unspecified atom stereocenters. The molecule has 228 valence electrons. The number of aliphatic carboxylic acids is 1. The molecule has 11 nitrogen and oxygen atoms in total. The predicted molar refractivity (Wildman–Crippen MR) is 153 cm³/mol. The van der Waals surface area contributed by atoms with Crippen LogP contribution in [0.1, 0.15) is 77.0 Å². The number of alkyl carbamates (subject to hydrolysis) is 1. The van der Waals surface area contributed by atoms with Crippen LogP contribution in [0.3, 0.4) is 0 Å². The van der Waals surface area contributed by atoms with Crippen LogP contribution in [0.25, 0.3) is 0 Å². The van der Waals surface area contributed by atoms with Crippen molar-refractivity contribution in [3.8, 4) is 0 Å². The first-order chi connectivity index (χ1) is 19.5. The zero-order valence-corrected chi connectivity index (χ0v) is 24.6. The largest absolute Gasteiger partial charge is 0.480 e. The molecular weight excluding hydrogens is 528 g/mol. The molecule has 0 radical (unpaired) electrons. The Hall–Kier alpha value is -2.92. The van der Waals surface area contributed by atoms with Crippen molar-refractivity contribution < 1.29 is 33.7 Å². The van der Waals surface area contributed by atoms with Gasteiger partial charge in [0.2, 0.25) is 5.91 Å². The SMILES string of the molecule is CC(C)(C)OC(=O)NCC1(C(=O)NC(CCO[C@H]2C[C@@H](CCc3ccc4c(n3)NCCC4)C2)C(=O)O)CCOCC1. The van der Waals surface area contributed by atoms with Gasteiger partial charge in [0, 0.05) is 45.0 Å². The van der Waals surface area contributed by atoms with Crippen molar-refractivity contribution in [1.82, 2.24) is 15.6 Å². The van der Waals surface area contributed by atoms with Gasteiger partial charge in [0.25, 0.3) is 0 Å². The lowest BCUT2D eigenvalue weighted by molar-refractivity contribution is -0.146. The average molecular weight is 575 g/mol. The minimum atomic E-state index is -1.11. The second-order valence-electron chi connectivity index (χ2n) is 12.6. The Morgan fingerprint density at radius 2 is 1.98 bits per heavy atom. The topological polar surface area (TPSA) is 148 Å². The van der Waals surface area contributed by atoms with E-state index < -0.39 is 35.0 Å². The van der Waals surface area contributed by atoms with Gasteiger partial charge < -0.3 is 35.3 Å². The van der Waals surface area contributed by atoms with Gasteiger partial charge in [-0.2, -0.15) is 0 Å². The third-order valence-electron chi connectivity index (χ3n) is 8.22. The van der Waals surface area contributed by atoms with Crippen LogP contribution in [-0.2, 0) is 36.6 Å². The Morgan fingerprint density at radius 3 is 2.68 bits per heavy atom. The van der Waals surface area contributed by atoms with E-state index in [1.165, 1.54) is 5.56 Å². The minimum absolute atomic E-state index is 0.0426. The molecule has 41 heavy (non-hydrogen) atoms. The lowest BCUT2D eigenvalue weighted by Gasteiger charge is -2.37. The van der Waals surface area contributed by atoms with Crippen molar-refractivity contribution in [3.63, 3.8) is 0 Å². The van der Waals surface area contributed by atoms with E-state index in [0.717, 1.165) is 56.6 Å². The molecule has 1 saturated carbocycles. The number of rotatable bonds is 12. The number of fused-ring (bicyclic) bond motifs is 1. The van der Waals surface area contributed by atoms with Crippen molar-refractivity contribution >= 4 is 23.8 Å². The van der Waals surface area contributed by atoms with Crippen LogP contribution < -0.4 is 16.0 Å². The molecule has 2 amide bonds. The molecule has 0 aromatic carbocycles. The van der Waals surface area contributed by atoms with Crippen LogP contribution in [0.5, 0.6) is 0 Å². The molecule has 3 aliphatic rings. The highest BCUT2D eigenvalue weighted by atomic mass is 16.6. The second kappa shape index (κ2) is 13.8. The zero-order chi connectivity index (χ0) is 29.5. The van der Waals surface area contributed by atoms with Gasteiger partial charge in [0.05, 0.1) is 11.5 Å². The Balaban J connectivity index is 1.18. The molecule has 11 heteroatoms. The maximum absolute atomic E-state index is 13.3. The van der Waals surface area contributed by atoms with Crippen LogP contribution in [0.4, 0.5) is 10.6 Å². The van der Waals surface area contributed by atoms with Crippen LogP contribution in [0.2, 0.25) is 0 Å². The van der Waals surface area contributed by atoms with Gasteiger partial charge in [-0.05, 0) is 89.7 Å². The van der Waals surface area contributed by atoms with Crippen LogP contribution in [-0.4, -0.2) is 78.7 Å². The maximum Gasteiger partial charge on any atom is 0.407 e. The number of ether oxygens (including phenoxy) is 3. The summed E-state index contributed by atoms with van der Waals surface area (Å²) in [5.41, 5.74) is 0.786. The van der Waals surface area contributed by atoms with E-state index in [0.29, 0.717) is 32.0 Å². The number of carbonyl (C=O) groups excluding carboxylic acids is 2. The molecule has 1 aliphatic carbocycles. The molecule has 1 aromatic heterocycles. The lowest BCUT2D eigenvalue weighted by Crippen LogP contribution is -2.55. The summed E-state index contributed by atoms with van der Waals surface area (Å²) in [6, 6.07) is 3.25. The van der Waals surface area contributed by atoms with Crippen molar-refractivity contribution in [1.29, 1.82) is 0 Å². The van der Waals surface area contributed by atoms with Gasteiger partial charge in [-0.3, -0.25) is 4.79 Å². The standard InChI is InChI=1S/C30H46N4O7/c1-29(2,3)41-28(38)32-19-30(11-15-39-16-12-30)27(37)34-24(26(35)36)10-14-40-23-17-20(18-23)6-8-22-9-7-21-5-4-13-31-25(21)33-22/h7,9,20,23-24H,4-6,8,10-19H2,1-3H3,(H,31,33)(H,32,38)(H,34,37)(H,35,36)/t20-,23+,24?. The number of anilines is 1. The number of hydrogen-bond acceptors (Lipinski definition) is 8. The first-order valence-electron chi connectivity index (χ1n) is 15.0. The van der Waals surface area contributed by atoms with Crippen molar-refractivity contribution in [2.75, 3.05) is 38.2 Å². The van der Waals surface area contributed by atoms with Gasteiger partial charge in [-0.1, -0.05) is 6.07 Å². The van der Waals surface area contributed by atoms with Crippen LogP contribution in [0.15, 0.2) is 12.1 Å². The monoisotopic (exact) mass is 574 g/mol. The van der Waals surface area contributed by atoms with E-state index >= 15 is 0 Å². The summed E-state index contributed by atoms with van der Waals surface area (Å²) in [6.07, 6.45) is 6.55. The summed E-state index contributed by atoms with van der Waals surface area (Å²) >= 11 is 0. The summed E-state index contributed by atoms with van der Waals surface area (Å²) in [7, 11) is 0. The normalized spacial score (nSPS) is 22.3. The van der Waals surface area contributed by atoms with Gasteiger partial charge in [0.15, 0.2) is 0 Å². The number of carboxylic acids is 1. The van der Waals surface area contributed by atoms with E-state index in [1.807, 2.05) is 0 Å². The van der Waals surface area contributed by atoms with Gasteiger partial charge >= 0.3 is 12.1 Å². The van der Waals surface area contributed by atoms with E-state index in [-0.39, 0.29) is 25.7 Å². The van der Waals surface area contributed by atoms with Crippen LogP contribution >= 0.6 is 0 Å². The minimum Gasteiger partial charge on any atom is -0.480 e. The molecule has 0 bridgehead atoms. The quantitative estimate of drug-likeness (QED) is 0.295. The molecule has 4 rings (SSSR count). The van der Waals surface area contributed by atoms with E-state index in [4.69, 9.17) is 19.2 Å². The molecule has 4 N–H and O–H groups in total. The number of carbonyl (C=O) groups is 3. The van der Waals surface area contributed by atoms with E-state index in [9.17, 15) is 19.5 Å². The maximum atomic E-state index is 13.3. The number of nitrogens with zero attached hydrogens (tertiary/aromatic N) is 1. The van der Waals surface area contributed by atoms with E-state index in [2.05, 4.69) is 28.1 Å². The highest BCUT2D eigenvalue weighted by Gasteiger charge is 2.42. The molecular formula is C30H46N4O7. The summed E-state index contributed by atoms with van der Waals surface area (Å²) < 4.78 is 16.7. The highest BCUT2D eigenvalue weighted by Crippen LogP contribution is 2.34. The van der Waals surface area contributed by atoms with Crippen molar-refractivity contribution in [3.05, 3.63) is 23.4 Å². The Morgan fingerprint density at radius 1 is 1.22 bits per heavy atom. The number of amides is 2. The third kappa shape index (κ3) is 9.03. The highest BCUT2D eigenvalue weighted by molar-refractivity contribution is 5.88. The van der Waals surface area contributed by atoms with Crippen LogP contribution in [0, 0.1) is 11.3 Å². The molecule has 2 aliphatic heterocycles. The van der Waals surface area contributed by atoms with Gasteiger partial charge in [-0.15, -0.1) is 0 Å². The lowest BCUT2D eigenvalue weighted by atomic mass is 9.78. The number of carboxylic acid groups (broad SMARTS) is 1. The van der Waals surface area contributed by atoms with E-state index in [1.54, 1.807) is 20.8 Å². The van der Waals surface area contributed by atoms with Gasteiger partial charge in [0.1, 0.15) is 17.5 Å². The molecule has 1 atom stereocenters. The fourth-order valence-corrected chi connectivity index (χ4v) is 5.63. The van der Waals surface area contributed by atoms with Crippen molar-refractivity contribution in [2.45, 2.75) is 96.3 Å². The first-order valence-corrected chi connectivity index (χ1v) is 15.0. The smallest absolute Gasteiger partial charge is 0.407 e. The van der Waals surface area contributed by atoms with Gasteiger partial charge in [-0.25, -0.2) is 14.6 Å². The van der Waals surface area contributed by atoms with Crippen molar-refractivity contribution in [2.24, 2.45) is 11.3 Å². The number of pyridine rings is 1. The summed E-state index contributed by atoms with van der Waals surface area (Å²) in [4.78, 5) is 42.3. The average Bonchev–Trinajstić information content (AvgIpc) is 2.91. The molecule has 2 fully saturated rings. The molecule has 0 spiro atoms. The number of aromatic nitrogens is 1. The summed E-state index contributed by atoms with van der Waals surface area (Å²) in [5, 5.41) is 18.6. The number of nitrogens with one attached hydrogen (secondary N) is 3. The molecule has 1 saturated heterocycles. The Bertz CT molecular complexity index is 1060. The number of hydrogen-bond donors (Lipinski definition) is 4. The summed E-state index contributed by atoms with van der Waals surface area (Å²) in [5.74, 6) is 0.0963.